The number of thiazole rings is 1. The highest BCUT2D eigenvalue weighted by Crippen LogP contribution is 2.23. The average molecular weight is 341 g/mol. The molecular weight excluding hydrogens is 326 g/mol. The lowest BCUT2D eigenvalue weighted by Crippen LogP contribution is -2.27. The smallest absolute Gasteiger partial charge is 0.273 e. The number of nitro benzene ring substituents is 1. The first-order valence-electron chi connectivity index (χ1n) is 7.35. The molecule has 0 aliphatic carbocycles. The first kappa shape index (κ1) is 16.1. The number of fused-ring (bicyclic) bond motifs is 1. The van der Waals surface area contributed by atoms with Crippen LogP contribution in [0.15, 0.2) is 48.5 Å². The van der Waals surface area contributed by atoms with Crippen molar-refractivity contribution in [3.63, 3.8) is 0 Å². The normalized spacial score (nSPS) is 10.7. The van der Waals surface area contributed by atoms with Crippen molar-refractivity contribution in [3.8, 4) is 0 Å². The predicted molar refractivity (Wildman–Crippen MR) is 92.9 cm³/mol. The Morgan fingerprint density at radius 3 is 2.67 bits per heavy atom. The van der Waals surface area contributed by atoms with Gasteiger partial charge in [-0.25, -0.2) is 4.98 Å². The van der Waals surface area contributed by atoms with Crippen molar-refractivity contribution < 1.29 is 9.72 Å². The van der Waals surface area contributed by atoms with Crippen molar-refractivity contribution in [3.05, 3.63) is 69.2 Å². The molecule has 3 rings (SSSR count). The van der Waals surface area contributed by atoms with E-state index in [9.17, 15) is 14.9 Å². The molecule has 0 bridgehead atoms. The number of likely N-dealkylation sites (N-methyl/N-ethyl adjacent to an activating group) is 1. The van der Waals surface area contributed by atoms with Gasteiger partial charge in [0, 0.05) is 18.7 Å². The van der Waals surface area contributed by atoms with Gasteiger partial charge in [-0.3, -0.25) is 14.9 Å². The van der Waals surface area contributed by atoms with E-state index in [1.807, 2.05) is 24.3 Å². The molecule has 0 spiro atoms. The number of benzene rings is 2. The number of hydrogen-bond donors (Lipinski definition) is 0. The maximum absolute atomic E-state index is 12.4. The van der Waals surface area contributed by atoms with Gasteiger partial charge in [-0.15, -0.1) is 11.3 Å². The van der Waals surface area contributed by atoms with E-state index >= 15 is 0 Å². The van der Waals surface area contributed by atoms with E-state index in [0.717, 1.165) is 15.2 Å². The van der Waals surface area contributed by atoms with Gasteiger partial charge < -0.3 is 4.90 Å². The third kappa shape index (κ3) is 3.41. The van der Waals surface area contributed by atoms with Gasteiger partial charge in [0.05, 0.1) is 28.1 Å². The van der Waals surface area contributed by atoms with E-state index in [4.69, 9.17) is 0 Å². The summed E-state index contributed by atoms with van der Waals surface area (Å²) in [6.45, 7) is 0.388. The number of aromatic nitrogens is 1. The second-order valence-electron chi connectivity index (χ2n) is 5.39. The molecule has 1 amide bonds. The Morgan fingerprint density at radius 1 is 1.21 bits per heavy atom. The zero-order valence-electron chi connectivity index (χ0n) is 13.0. The number of hydrogen-bond acceptors (Lipinski definition) is 5. The van der Waals surface area contributed by atoms with Crippen LogP contribution in [-0.2, 0) is 17.8 Å². The molecule has 0 radical (unpaired) electrons. The monoisotopic (exact) mass is 341 g/mol. The number of rotatable bonds is 5. The topological polar surface area (TPSA) is 76.3 Å². The van der Waals surface area contributed by atoms with Gasteiger partial charge in [0.15, 0.2) is 0 Å². The van der Waals surface area contributed by atoms with Crippen LogP contribution in [0.1, 0.15) is 10.6 Å². The third-order valence-corrected chi connectivity index (χ3v) is 4.69. The molecule has 0 fully saturated rings. The molecule has 0 atom stereocenters. The van der Waals surface area contributed by atoms with E-state index in [-0.39, 0.29) is 18.0 Å². The summed E-state index contributed by atoms with van der Waals surface area (Å²) in [5.74, 6) is -0.177. The van der Waals surface area contributed by atoms with Crippen LogP contribution in [0.25, 0.3) is 10.2 Å². The van der Waals surface area contributed by atoms with Gasteiger partial charge in [-0.2, -0.15) is 0 Å². The lowest BCUT2D eigenvalue weighted by molar-refractivity contribution is -0.385. The predicted octanol–water partition coefficient (Wildman–Crippen LogP) is 3.41. The minimum atomic E-state index is -0.462. The molecule has 2 aromatic carbocycles. The summed E-state index contributed by atoms with van der Waals surface area (Å²) in [7, 11) is 1.68. The van der Waals surface area contributed by atoms with E-state index in [0.29, 0.717) is 12.1 Å². The van der Waals surface area contributed by atoms with Crippen LogP contribution in [0.2, 0.25) is 0 Å². The standard InChI is InChI=1S/C17H15N3O3S/c1-19(11-16-18-13-7-3-5-9-15(13)24-16)17(21)10-12-6-2-4-8-14(12)20(22)23/h2-9H,10-11H2,1H3. The molecular formula is C17H15N3O3S. The zero-order chi connectivity index (χ0) is 17.1. The van der Waals surface area contributed by atoms with Crippen LogP contribution in [-0.4, -0.2) is 27.8 Å². The van der Waals surface area contributed by atoms with Gasteiger partial charge in [0.1, 0.15) is 5.01 Å². The number of amides is 1. The summed E-state index contributed by atoms with van der Waals surface area (Å²) >= 11 is 1.54. The maximum Gasteiger partial charge on any atom is 0.273 e. The van der Waals surface area contributed by atoms with E-state index < -0.39 is 4.92 Å². The van der Waals surface area contributed by atoms with Crippen LogP contribution in [0, 0.1) is 10.1 Å². The Hall–Kier alpha value is -2.80. The summed E-state index contributed by atoms with van der Waals surface area (Å²) in [6, 6.07) is 14.1. The molecule has 6 nitrogen and oxygen atoms in total. The number of carbonyl (C=O) groups is 1. The fourth-order valence-corrected chi connectivity index (χ4v) is 3.44. The summed E-state index contributed by atoms with van der Waals surface area (Å²) in [6.07, 6.45) is -0.00144. The fraction of sp³-hybridized carbons (Fsp3) is 0.176. The Labute approximate surface area is 142 Å². The first-order valence-corrected chi connectivity index (χ1v) is 8.17. The summed E-state index contributed by atoms with van der Waals surface area (Å²) < 4.78 is 1.08. The Morgan fingerprint density at radius 2 is 1.92 bits per heavy atom. The van der Waals surface area contributed by atoms with Gasteiger partial charge in [0.2, 0.25) is 5.91 Å². The molecule has 7 heteroatoms. The van der Waals surface area contributed by atoms with Gasteiger partial charge in [-0.1, -0.05) is 30.3 Å². The molecule has 1 aromatic heterocycles. The quantitative estimate of drug-likeness (QED) is 0.526. The molecule has 0 saturated carbocycles. The number of carbonyl (C=O) groups excluding carboxylic acids is 1. The molecule has 3 aromatic rings. The average Bonchev–Trinajstić information content (AvgIpc) is 2.97. The highest BCUT2D eigenvalue weighted by atomic mass is 32.1. The van der Waals surface area contributed by atoms with Crippen molar-refractivity contribution in [2.24, 2.45) is 0 Å². The molecule has 1 heterocycles. The molecule has 0 saturated heterocycles. The molecule has 24 heavy (non-hydrogen) atoms. The largest absolute Gasteiger partial charge is 0.339 e. The number of nitrogens with zero attached hydrogens (tertiary/aromatic N) is 3. The van der Waals surface area contributed by atoms with Crippen molar-refractivity contribution in [2.75, 3.05) is 7.05 Å². The Bertz CT molecular complexity index is 874. The van der Waals surface area contributed by atoms with Crippen LogP contribution in [0.5, 0.6) is 0 Å². The second-order valence-corrected chi connectivity index (χ2v) is 6.50. The second kappa shape index (κ2) is 6.76. The lowest BCUT2D eigenvalue weighted by Gasteiger charge is -2.15. The SMILES string of the molecule is CN(Cc1nc2ccccc2s1)C(=O)Cc1ccccc1[N+](=O)[O-]. The van der Waals surface area contributed by atoms with Gasteiger partial charge >= 0.3 is 0 Å². The lowest BCUT2D eigenvalue weighted by atomic mass is 10.1. The zero-order valence-corrected chi connectivity index (χ0v) is 13.8. The minimum absolute atomic E-state index is 0.00144. The number of nitro groups is 1. The van der Waals surface area contributed by atoms with E-state index in [1.54, 1.807) is 41.5 Å². The fourth-order valence-electron chi connectivity index (χ4n) is 2.41. The van der Waals surface area contributed by atoms with Crippen molar-refractivity contribution in [2.45, 2.75) is 13.0 Å². The van der Waals surface area contributed by atoms with Crippen LogP contribution < -0.4 is 0 Å². The molecule has 0 N–H and O–H groups in total. The van der Waals surface area contributed by atoms with Crippen LogP contribution in [0.4, 0.5) is 5.69 Å². The number of para-hydroxylation sites is 2. The summed E-state index contributed by atoms with van der Waals surface area (Å²) in [5.41, 5.74) is 1.31. The first-order chi connectivity index (χ1) is 11.5. The third-order valence-electron chi connectivity index (χ3n) is 3.67. The molecule has 0 aliphatic heterocycles. The Balaban J connectivity index is 1.72. The van der Waals surface area contributed by atoms with Gasteiger partial charge in [0.25, 0.3) is 5.69 Å². The van der Waals surface area contributed by atoms with E-state index in [2.05, 4.69) is 4.98 Å². The molecule has 122 valence electrons. The van der Waals surface area contributed by atoms with Crippen molar-refractivity contribution >= 4 is 33.1 Å². The highest BCUT2D eigenvalue weighted by molar-refractivity contribution is 7.18. The minimum Gasteiger partial charge on any atom is -0.339 e. The molecule has 0 aliphatic rings. The summed E-state index contributed by atoms with van der Waals surface area (Å²) in [5, 5.41) is 11.9. The van der Waals surface area contributed by atoms with Gasteiger partial charge in [-0.05, 0) is 12.1 Å². The van der Waals surface area contributed by atoms with Crippen LogP contribution >= 0.6 is 11.3 Å². The van der Waals surface area contributed by atoms with E-state index in [1.165, 1.54) is 6.07 Å². The van der Waals surface area contributed by atoms with Crippen LogP contribution in [0.3, 0.4) is 0 Å². The van der Waals surface area contributed by atoms with Crippen molar-refractivity contribution in [1.29, 1.82) is 0 Å². The Kier molecular flexibility index (Phi) is 4.52. The highest BCUT2D eigenvalue weighted by Gasteiger charge is 2.18. The summed E-state index contributed by atoms with van der Waals surface area (Å²) in [4.78, 5) is 29.0. The van der Waals surface area contributed by atoms with Crippen molar-refractivity contribution in [1.82, 2.24) is 9.88 Å². The molecule has 0 unspecified atom stereocenters. The maximum atomic E-state index is 12.4.